The largest absolute Gasteiger partial charge is 0.378 e. The number of rotatable bonds is 6. The molecule has 0 aromatic heterocycles. The van der Waals surface area contributed by atoms with E-state index in [-0.39, 0.29) is 17.8 Å². The van der Waals surface area contributed by atoms with E-state index in [2.05, 4.69) is 10.2 Å². The van der Waals surface area contributed by atoms with Crippen molar-refractivity contribution in [2.24, 2.45) is 0 Å². The first-order valence-electron chi connectivity index (χ1n) is 8.66. The van der Waals surface area contributed by atoms with Gasteiger partial charge in [0.05, 0.1) is 31.8 Å². The third-order valence-electron chi connectivity index (χ3n) is 4.79. The number of nitrogens with one attached hydrogen (secondary N) is 1. The maximum Gasteiger partial charge on any atom is 0.234 e. The summed E-state index contributed by atoms with van der Waals surface area (Å²) in [7, 11) is 1.89. The minimum absolute atomic E-state index is 0.0132. The molecule has 0 saturated carbocycles. The maximum atomic E-state index is 12.9. The summed E-state index contributed by atoms with van der Waals surface area (Å²) in [5.41, 5.74) is 0.992. The van der Waals surface area contributed by atoms with Crippen LogP contribution in [0.5, 0.6) is 0 Å². The van der Waals surface area contributed by atoms with Crippen molar-refractivity contribution < 1.29 is 13.9 Å². The second-order valence-corrected chi connectivity index (χ2v) is 6.82. The first kappa shape index (κ1) is 17.3. The number of likely N-dealkylation sites (tertiary alicyclic amines) is 1. The van der Waals surface area contributed by atoms with Crippen molar-refractivity contribution in [1.82, 2.24) is 15.1 Å². The molecule has 1 amide bonds. The van der Waals surface area contributed by atoms with Crippen LogP contribution in [-0.4, -0.2) is 67.7 Å². The number of carbonyl (C=O) groups is 1. The normalized spacial score (nSPS) is 24.6. The molecule has 2 saturated heterocycles. The molecule has 1 N–H and O–H groups in total. The lowest BCUT2D eigenvalue weighted by Gasteiger charge is -2.28. The molecule has 2 aliphatic rings. The molecule has 1 aromatic carbocycles. The third kappa shape index (κ3) is 4.53. The monoisotopic (exact) mass is 335 g/mol. The minimum atomic E-state index is -0.242. The number of likely N-dealkylation sites (N-methyl/N-ethyl adjacent to an activating group) is 1. The van der Waals surface area contributed by atoms with Gasteiger partial charge < -0.3 is 10.1 Å². The van der Waals surface area contributed by atoms with Crippen molar-refractivity contribution in [3.63, 3.8) is 0 Å². The minimum Gasteiger partial charge on any atom is -0.378 e. The van der Waals surface area contributed by atoms with Gasteiger partial charge in [-0.3, -0.25) is 14.6 Å². The topological polar surface area (TPSA) is 44.8 Å². The molecule has 0 radical (unpaired) electrons. The van der Waals surface area contributed by atoms with E-state index in [0.717, 1.165) is 18.7 Å². The van der Waals surface area contributed by atoms with Crippen molar-refractivity contribution in [2.75, 3.05) is 39.9 Å². The summed E-state index contributed by atoms with van der Waals surface area (Å²) in [5, 5.41) is 3.12. The summed E-state index contributed by atoms with van der Waals surface area (Å²) < 4.78 is 18.5. The highest BCUT2D eigenvalue weighted by Gasteiger charge is 2.35. The van der Waals surface area contributed by atoms with E-state index < -0.39 is 0 Å². The standard InChI is InChI=1S/C18H26FN3O2/c1-21(10-14-4-6-15(19)7-5-14)11-18(23)20-16-12-24-13-17(16)22-8-2-3-9-22/h4-7,16-17H,2-3,8-13H2,1H3,(H,20,23)/t16-,17-/m1/s1. The first-order chi connectivity index (χ1) is 11.6. The molecule has 2 heterocycles. The van der Waals surface area contributed by atoms with Crippen LogP contribution in [0.15, 0.2) is 24.3 Å². The van der Waals surface area contributed by atoms with Crippen LogP contribution in [0.1, 0.15) is 18.4 Å². The second kappa shape index (κ2) is 8.05. The molecule has 2 fully saturated rings. The Morgan fingerprint density at radius 2 is 2.00 bits per heavy atom. The van der Waals surface area contributed by atoms with Gasteiger partial charge >= 0.3 is 0 Å². The molecule has 2 atom stereocenters. The predicted octanol–water partition coefficient (Wildman–Crippen LogP) is 1.24. The average molecular weight is 335 g/mol. The van der Waals surface area contributed by atoms with E-state index in [4.69, 9.17) is 4.74 Å². The van der Waals surface area contributed by atoms with Gasteiger partial charge in [-0.2, -0.15) is 0 Å². The van der Waals surface area contributed by atoms with E-state index in [9.17, 15) is 9.18 Å². The van der Waals surface area contributed by atoms with Crippen LogP contribution in [0, 0.1) is 5.82 Å². The van der Waals surface area contributed by atoms with E-state index in [0.29, 0.717) is 32.3 Å². The Kier molecular flexibility index (Phi) is 5.81. The van der Waals surface area contributed by atoms with Crippen molar-refractivity contribution in [1.29, 1.82) is 0 Å². The first-order valence-corrected chi connectivity index (χ1v) is 8.66. The molecule has 2 aliphatic heterocycles. The highest BCUT2D eigenvalue weighted by Crippen LogP contribution is 2.19. The van der Waals surface area contributed by atoms with Crippen LogP contribution in [0.2, 0.25) is 0 Å². The Labute approximate surface area is 142 Å². The Hall–Kier alpha value is -1.50. The van der Waals surface area contributed by atoms with Gasteiger partial charge in [0.2, 0.25) is 5.91 Å². The van der Waals surface area contributed by atoms with E-state index in [1.165, 1.54) is 25.0 Å². The van der Waals surface area contributed by atoms with Gasteiger partial charge in [-0.05, 0) is 50.7 Å². The van der Waals surface area contributed by atoms with Gasteiger partial charge in [-0.25, -0.2) is 4.39 Å². The Bertz CT molecular complexity index is 546. The van der Waals surface area contributed by atoms with E-state index in [1.807, 2.05) is 11.9 Å². The lowest BCUT2D eigenvalue weighted by molar-refractivity contribution is -0.123. The molecular weight excluding hydrogens is 309 g/mol. The summed E-state index contributed by atoms with van der Waals surface area (Å²) in [6.07, 6.45) is 2.47. The quantitative estimate of drug-likeness (QED) is 0.850. The van der Waals surface area contributed by atoms with Crippen molar-refractivity contribution in [3.05, 3.63) is 35.6 Å². The smallest absolute Gasteiger partial charge is 0.234 e. The fraction of sp³-hybridized carbons (Fsp3) is 0.611. The number of hydrogen-bond acceptors (Lipinski definition) is 4. The zero-order chi connectivity index (χ0) is 16.9. The lowest BCUT2D eigenvalue weighted by atomic mass is 10.1. The van der Waals surface area contributed by atoms with Crippen LogP contribution in [-0.2, 0) is 16.1 Å². The Morgan fingerprint density at radius 1 is 1.29 bits per heavy atom. The molecule has 0 aliphatic carbocycles. The van der Waals surface area contributed by atoms with Crippen LogP contribution in [0.4, 0.5) is 4.39 Å². The van der Waals surface area contributed by atoms with Crippen molar-refractivity contribution in [2.45, 2.75) is 31.5 Å². The highest BCUT2D eigenvalue weighted by atomic mass is 19.1. The SMILES string of the molecule is CN(CC(=O)N[C@@H]1COC[C@H]1N1CCCC1)Cc1ccc(F)cc1. The fourth-order valence-electron chi connectivity index (χ4n) is 3.57. The number of amides is 1. The summed E-state index contributed by atoms with van der Waals surface area (Å²) >= 11 is 0. The lowest BCUT2D eigenvalue weighted by Crippen LogP contribution is -2.51. The Morgan fingerprint density at radius 3 is 2.71 bits per heavy atom. The zero-order valence-electron chi connectivity index (χ0n) is 14.2. The molecule has 1 aromatic rings. The molecule has 6 heteroatoms. The summed E-state index contributed by atoms with van der Waals surface area (Å²) in [4.78, 5) is 16.7. The maximum absolute atomic E-state index is 12.9. The molecule has 0 unspecified atom stereocenters. The van der Waals surface area contributed by atoms with Crippen LogP contribution >= 0.6 is 0 Å². The fourth-order valence-corrected chi connectivity index (χ4v) is 3.57. The highest BCUT2D eigenvalue weighted by molar-refractivity contribution is 5.78. The molecule has 3 rings (SSSR count). The second-order valence-electron chi connectivity index (χ2n) is 6.82. The summed E-state index contributed by atoms with van der Waals surface area (Å²) in [6, 6.07) is 6.77. The molecule has 0 spiro atoms. The number of nitrogens with zero attached hydrogens (tertiary/aromatic N) is 2. The molecule has 24 heavy (non-hydrogen) atoms. The number of hydrogen-bond donors (Lipinski definition) is 1. The van der Waals surface area contributed by atoms with Gasteiger partial charge in [-0.1, -0.05) is 12.1 Å². The number of benzene rings is 1. The molecular formula is C18H26FN3O2. The predicted molar refractivity (Wildman–Crippen MR) is 90.1 cm³/mol. The van der Waals surface area contributed by atoms with E-state index >= 15 is 0 Å². The Balaban J connectivity index is 1.46. The van der Waals surface area contributed by atoms with Crippen LogP contribution in [0.3, 0.4) is 0 Å². The van der Waals surface area contributed by atoms with Gasteiger partial charge in [0, 0.05) is 6.54 Å². The molecule has 5 nitrogen and oxygen atoms in total. The van der Waals surface area contributed by atoms with Crippen molar-refractivity contribution >= 4 is 5.91 Å². The molecule has 132 valence electrons. The van der Waals surface area contributed by atoms with Gasteiger partial charge in [0.15, 0.2) is 0 Å². The average Bonchev–Trinajstić information content (AvgIpc) is 3.20. The third-order valence-corrected chi connectivity index (χ3v) is 4.79. The van der Waals surface area contributed by atoms with Crippen LogP contribution < -0.4 is 5.32 Å². The zero-order valence-corrected chi connectivity index (χ0v) is 14.2. The van der Waals surface area contributed by atoms with E-state index in [1.54, 1.807) is 12.1 Å². The van der Waals surface area contributed by atoms with Crippen LogP contribution in [0.25, 0.3) is 0 Å². The van der Waals surface area contributed by atoms with Crippen molar-refractivity contribution in [3.8, 4) is 0 Å². The number of halogens is 1. The molecule has 0 bridgehead atoms. The summed E-state index contributed by atoms with van der Waals surface area (Å²) in [6.45, 7) is 4.44. The van der Waals surface area contributed by atoms with Gasteiger partial charge in [0.1, 0.15) is 5.82 Å². The summed E-state index contributed by atoms with van der Waals surface area (Å²) in [5.74, 6) is -0.229. The van der Waals surface area contributed by atoms with Gasteiger partial charge in [0.25, 0.3) is 0 Å². The number of ether oxygens (including phenoxy) is 1. The number of carbonyl (C=O) groups excluding carboxylic acids is 1. The van der Waals surface area contributed by atoms with Gasteiger partial charge in [-0.15, -0.1) is 0 Å².